The first-order valence-corrected chi connectivity index (χ1v) is 24.1. The second-order valence-corrected chi connectivity index (χ2v) is 17.1. The Morgan fingerprint density at radius 2 is 1.12 bits per heavy atom. The van der Waals surface area contributed by atoms with E-state index in [0.29, 0.717) is 32.1 Å². The summed E-state index contributed by atoms with van der Waals surface area (Å²) in [5.41, 5.74) is 10.8. The molecule has 0 spiro atoms. The van der Waals surface area contributed by atoms with Gasteiger partial charge >= 0.3 is 23.9 Å². The summed E-state index contributed by atoms with van der Waals surface area (Å²) in [5, 5.41) is 56.4. The van der Waals surface area contributed by atoms with Crippen LogP contribution in [0.15, 0.2) is 90.0 Å². The van der Waals surface area contributed by atoms with Gasteiger partial charge in [-0.3, -0.25) is 28.8 Å². The van der Waals surface area contributed by atoms with Crippen molar-refractivity contribution < 1.29 is 63.6 Å². The van der Waals surface area contributed by atoms with Gasteiger partial charge < -0.3 is 57.2 Å². The molecule has 0 aromatic heterocycles. The zero-order chi connectivity index (χ0) is 53.4. The molecule has 3 aromatic rings. The maximum atomic E-state index is 13.8. The monoisotopic (exact) mass is 1010 g/mol. The molecule has 0 fully saturated rings. The third kappa shape index (κ3) is 25.0. The van der Waals surface area contributed by atoms with E-state index >= 15 is 0 Å². The van der Waals surface area contributed by atoms with Crippen molar-refractivity contribution in [3.8, 4) is 5.75 Å². The number of phenolic OH excluding ortho intramolecular Hbond substituents is 1. The molecule has 7 amide bonds. The predicted octanol–water partition coefficient (Wildman–Crippen LogP) is 3.69. The number of aromatic hydroxyl groups is 1. The van der Waals surface area contributed by atoms with Crippen LogP contribution < -0.4 is 31.9 Å². The summed E-state index contributed by atoms with van der Waals surface area (Å²) in [6, 6.07) is 18.3. The Morgan fingerprint density at radius 1 is 0.548 bits per heavy atom. The molecule has 23 heteroatoms. The van der Waals surface area contributed by atoms with Crippen LogP contribution in [0.3, 0.4) is 0 Å². The molecule has 0 bridgehead atoms. The maximum absolute atomic E-state index is 13.8. The molecule has 3 aromatic carbocycles. The Hall–Kier alpha value is -8.20. The molecule has 3 rings (SSSR count). The number of hydrogen-bond donors (Lipinski definition) is 10. The molecule has 0 saturated heterocycles. The van der Waals surface area contributed by atoms with Gasteiger partial charge in [-0.05, 0) is 79.3 Å². The molecule has 10 N–H and O–H groups in total. The van der Waals surface area contributed by atoms with Gasteiger partial charge in [-0.25, -0.2) is 14.4 Å². The number of carboxylic acids is 3. The fourth-order valence-electron chi connectivity index (χ4n) is 7.37. The fraction of sp³-hybridized carbons (Fsp3) is 0.460. The number of rotatable bonds is 35. The highest BCUT2D eigenvalue weighted by Gasteiger charge is 2.28. The van der Waals surface area contributed by atoms with E-state index in [-0.39, 0.29) is 89.3 Å². The Morgan fingerprint density at radius 3 is 1.71 bits per heavy atom. The summed E-state index contributed by atoms with van der Waals surface area (Å²) in [5.74, 6) is -6.25. The number of nitrogens with zero attached hydrogens (tertiary/aromatic N) is 4. The largest absolute Gasteiger partial charge is 0.508 e. The molecular formula is C50H66N10O13. The molecule has 0 saturated carbocycles. The highest BCUT2D eigenvalue weighted by Crippen LogP contribution is 2.16. The molecule has 0 unspecified atom stereocenters. The minimum Gasteiger partial charge on any atom is -0.508 e. The topological polar surface area (TPSA) is 359 Å². The Balaban J connectivity index is 1.48. The first kappa shape index (κ1) is 59.1. The van der Waals surface area contributed by atoms with Crippen LogP contribution >= 0.6 is 0 Å². The zero-order valence-electron chi connectivity index (χ0n) is 40.6. The predicted molar refractivity (Wildman–Crippen MR) is 265 cm³/mol. The molecule has 0 heterocycles. The van der Waals surface area contributed by atoms with Crippen molar-refractivity contribution in [2.24, 2.45) is 5.11 Å². The van der Waals surface area contributed by atoms with Gasteiger partial charge in [0.2, 0.25) is 29.5 Å². The molecule has 0 aliphatic carbocycles. The van der Waals surface area contributed by atoms with Crippen LogP contribution in [-0.4, -0.2) is 129 Å². The van der Waals surface area contributed by atoms with Gasteiger partial charge in [-0.2, -0.15) is 0 Å². The minimum absolute atomic E-state index is 0.0443. The normalized spacial score (nSPS) is 12.3. The average Bonchev–Trinajstić information content (AvgIpc) is 3.36. The van der Waals surface area contributed by atoms with Crippen LogP contribution in [0.1, 0.15) is 93.7 Å². The van der Waals surface area contributed by atoms with Crippen molar-refractivity contribution in [1.29, 1.82) is 0 Å². The summed E-state index contributed by atoms with van der Waals surface area (Å²) in [6.45, 7) is 1.10. The lowest BCUT2D eigenvalue weighted by atomic mass is 10.0. The van der Waals surface area contributed by atoms with Crippen molar-refractivity contribution in [1.82, 2.24) is 36.8 Å². The average molecular weight is 1020 g/mol. The fourth-order valence-corrected chi connectivity index (χ4v) is 7.37. The molecule has 4 atom stereocenters. The molecule has 0 aliphatic rings. The molecule has 0 aliphatic heterocycles. The second-order valence-electron chi connectivity index (χ2n) is 17.1. The Labute approximate surface area is 422 Å². The maximum Gasteiger partial charge on any atom is 0.326 e. The van der Waals surface area contributed by atoms with E-state index in [2.05, 4.69) is 41.9 Å². The lowest BCUT2D eigenvalue weighted by molar-refractivity contribution is -0.141. The van der Waals surface area contributed by atoms with Crippen molar-refractivity contribution in [2.45, 2.75) is 121 Å². The van der Waals surface area contributed by atoms with Gasteiger partial charge in [0.1, 0.15) is 29.9 Å². The van der Waals surface area contributed by atoms with Gasteiger partial charge in [-0.1, -0.05) is 84.3 Å². The van der Waals surface area contributed by atoms with E-state index in [0.717, 1.165) is 16.7 Å². The summed E-state index contributed by atoms with van der Waals surface area (Å²) in [6.07, 6.45) is 1.63. The second kappa shape index (κ2) is 33.4. The van der Waals surface area contributed by atoms with Crippen LogP contribution in [-0.2, 0) is 57.7 Å². The first-order valence-electron chi connectivity index (χ1n) is 24.1. The number of amides is 7. The number of phenols is 1. The van der Waals surface area contributed by atoms with Crippen LogP contribution in [0.2, 0.25) is 0 Å². The van der Waals surface area contributed by atoms with Gasteiger partial charge in [0.25, 0.3) is 0 Å². The number of urea groups is 1. The standard InChI is InChI=1S/C50H66N10O13/c51-59-54-29-12-28-53-46(67)40(31-34-13-4-1-5-14-34)56-47(68)41(32-35-15-6-2-7-16-35)55-43(63)25-24-42(62)52-27-10-3-8-18-44(64)60(33-36-19-21-37(61)22-20-36)30-11-9-17-38(48(69)70)57-50(73)58-39(49(71)72)23-26-45(65)66/h1-2,4-7,13-16,19-22,38-41,61H,3,8-12,17-18,23-33H2,(H,52,62)(H,53,67)(H,55,63)(H,56,68)(H,65,66)(H,69,70)(H,71,72)(H2,57,58,73)/t38-,39-,40-,41-/m0/s1. The van der Waals surface area contributed by atoms with E-state index in [4.69, 9.17) is 10.6 Å². The van der Waals surface area contributed by atoms with E-state index < -0.39 is 84.6 Å². The molecule has 73 heavy (non-hydrogen) atoms. The van der Waals surface area contributed by atoms with Crippen molar-refractivity contribution in [3.63, 3.8) is 0 Å². The molecular weight excluding hydrogens is 949 g/mol. The Bertz CT molecular complexity index is 2320. The Kier molecular flexibility index (Phi) is 27.0. The minimum atomic E-state index is -1.55. The summed E-state index contributed by atoms with van der Waals surface area (Å²) < 4.78 is 0. The van der Waals surface area contributed by atoms with E-state index in [9.17, 15) is 58.5 Å². The van der Waals surface area contributed by atoms with E-state index in [1.807, 2.05) is 36.4 Å². The third-order valence-electron chi connectivity index (χ3n) is 11.3. The summed E-state index contributed by atoms with van der Waals surface area (Å²) >= 11 is 0. The van der Waals surface area contributed by atoms with E-state index in [1.54, 1.807) is 41.3 Å². The summed E-state index contributed by atoms with van der Waals surface area (Å²) in [4.78, 5) is 117. The highest BCUT2D eigenvalue weighted by molar-refractivity contribution is 5.93. The third-order valence-corrected chi connectivity index (χ3v) is 11.3. The number of carbonyl (C=O) groups is 9. The molecule has 23 nitrogen and oxygen atoms in total. The number of carboxylic acid groups (broad SMARTS) is 3. The van der Waals surface area contributed by atoms with Crippen LogP contribution in [0, 0.1) is 0 Å². The van der Waals surface area contributed by atoms with Crippen molar-refractivity contribution >= 4 is 53.5 Å². The smallest absolute Gasteiger partial charge is 0.326 e. The van der Waals surface area contributed by atoms with Crippen molar-refractivity contribution in [2.75, 3.05) is 26.2 Å². The number of benzene rings is 3. The number of azide groups is 1. The summed E-state index contributed by atoms with van der Waals surface area (Å²) in [7, 11) is 0. The first-order chi connectivity index (χ1) is 35.0. The quantitative estimate of drug-likeness (QED) is 0.0174. The van der Waals surface area contributed by atoms with Crippen LogP contribution in [0.25, 0.3) is 10.4 Å². The highest BCUT2D eigenvalue weighted by atomic mass is 16.4. The zero-order valence-corrected chi connectivity index (χ0v) is 40.6. The molecule has 0 radical (unpaired) electrons. The lowest BCUT2D eigenvalue weighted by Crippen LogP contribution is -2.55. The van der Waals surface area contributed by atoms with Crippen LogP contribution in [0.5, 0.6) is 5.75 Å². The number of aliphatic carboxylic acids is 3. The van der Waals surface area contributed by atoms with Crippen LogP contribution in [0.4, 0.5) is 4.79 Å². The number of carbonyl (C=O) groups excluding carboxylic acids is 6. The number of hydrogen-bond acceptors (Lipinski definition) is 11. The number of unbranched alkanes of at least 4 members (excludes halogenated alkanes) is 3. The van der Waals surface area contributed by atoms with Gasteiger partial charge in [0, 0.05) is 76.2 Å². The van der Waals surface area contributed by atoms with E-state index in [1.165, 1.54) is 12.1 Å². The van der Waals surface area contributed by atoms with Gasteiger partial charge in [-0.15, -0.1) is 0 Å². The molecule has 394 valence electrons. The van der Waals surface area contributed by atoms with Gasteiger partial charge in [0.05, 0.1) is 0 Å². The van der Waals surface area contributed by atoms with Gasteiger partial charge in [0.15, 0.2) is 0 Å². The van der Waals surface area contributed by atoms with Crippen molar-refractivity contribution in [3.05, 3.63) is 112 Å². The lowest BCUT2D eigenvalue weighted by Gasteiger charge is -2.24. The number of nitrogens with one attached hydrogen (secondary N) is 6. The SMILES string of the molecule is [N-]=[N+]=NCCCNC(=O)[C@H](Cc1ccccc1)NC(=O)[C@H](Cc1ccccc1)NC(=O)CCC(=O)NCCCCCC(=O)N(CCCC[C@H](NC(=O)N[C@@H](CCC(=O)O)C(=O)O)C(=O)O)Cc1ccc(O)cc1.